The van der Waals surface area contributed by atoms with Crippen molar-refractivity contribution >= 4 is 22.3 Å². The van der Waals surface area contributed by atoms with Gasteiger partial charge in [-0.15, -0.1) is 5.23 Å². The Morgan fingerprint density at radius 3 is 2.24 bits per heavy atom. The molecule has 0 amide bonds. The minimum absolute atomic E-state index is 0.0816. The van der Waals surface area contributed by atoms with Gasteiger partial charge in [0.15, 0.2) is 11.9 Å². The van der Waals surface area contributed by atoms with E-state index in [4.69, 9.17) is 4.42 Å². The molecule has 3 N–H and O–H groups in total. The Morgan fingerprint density at radius 1 is 0.947 bits per heavy atom. The second-order valence-electron chi connectivity index (χ2n) is 9.00. The van der Waals surface area contributed by atoms with Crippen LogP contribution < -0.4 is 15.7 Å². The number of halogens is 3. The van der Waals surface area contributed by atoms with Gasteiger partial charge >= 0.3 is 6.18 Å². The molecular formula is C26H25F3N4O5. The summed E-state index contributed by atoms with van der Waals surface area (Å²) in [5.74, 6) is 0.410. The fourth-order valence-electron chi connectivity index (χ4n) is 4.82. The standard InChI is InChI=1S/C26H25F3N4O5/c27-26(28,29)18-9-7-17(8-10-18)16-32-20-5-2-1-4-19(20)22(23(25(32)35)33(36)37)30-11-13-31(14-12-30)24(34)21-6-3-15-38-21/h1-10,15,24,34,36-37H,11-14,16H2. The number of furan rings is 1. The van der Waals surface area contributed by atoms with Crippen LogP contribution in [0, 0.1) is 0 Å². The van der Waals surface area contributed by atoms with E-state index in [0.29, 0.717) is 54.1 Å². The van der Waals surface area contributed by atoms with Gasteiger partial charge in [-0.25, -0.2) is 0 Å². The minimum atomic E-state index is -4.48. The third kappa shape index (κ3) is 4.86. The molecule has 0 radical (unpaired) electrons. The highest BCUT2D eigenvalue weighted by Gasteiger charge is 2.31. The van der Waals surface area contributed by atoms with Crippen molar-refractivity contribution in [1.82, 2.24) is 9.47 Å². The van der Waals surface area contributed by atoms with Gasteiger partial charge < -0.3 is 19.0 Å². The van der Waals surface area contributed by atoms with E-state index in [1.54, 1.807) is 41.3 Å². The molecule has 1 aliphatic heterocycles. The summed E-state index contributed by atoms with van der Waals surface area (Å²) in [6.07, 6.45) is -3.94. The van der Waals surface area contributed by atoms with Crippen molar-refractivity contribution in [2.24, 2.45) is 0 Å². The molecule has 1 fully saturated rings. The van der Waals surface area contributed by atoms with Gasteiger partial charge in [0.25, 0.3) is 5.56 Å². The number of hydrogen-bond acceptors (Lipinski definition) is 8. The average molecular weight is 531 g/mol. The number of benzene rings is 2. The number of fused-ring (bicyclic) bond motifs is 1. The summed E-state index contributed by atoms with van der Waals surface area (Å²) in [7, 11) is 0. The van der Waals surface area contributed by atoms with Crippen LogP contribution in [0.3, 0.4) is 0 Å². The molecule has 9 nitrogen and oxygen atoms in total. The van der Waals surface area contributed by atoms with Gasteiger partial charge in [-0.3, -0.25) is 20.1 Å². The molecule has 0 aliphatic carbocycles. The highest BCUT2D eigenvalue weighted by Crippen LogP contribution is 2.35. The zero-order valence-corrected chi connectivity index (χ0v) is 20.0. The molecule has 1 atom stereocenters. The number of alkyl halides is 3. The second-order valence-corrected chi connectivity index (χ2v) is 9.00. The number of anilines is 2. The highest BCUT2D eigenvalue weighted by molar-refractivity contribution is 5.98. The maximum atomic E-state index is 13.6. The molecule has 1 saturated heterocycles. The van der Waals surface area contributed by atoms with E-state index in [1.807, 2.05) is 4.90 Å². The molecule has 1 aliphatic rings. The van der Waals surface area contributed by atoms with Crippen LogP contribution in [-0.4, -0.2) is 51.2 Å². The fourth-order valence-corrected chi connectivity index (χ4v) is 4.82. The number of piperazine rings is 1. The zero-order valence-electron chi connectivity index (χ0n) is 20.0. The van der Waals surface area contributed by atoms with Crippen molar-refractivity contribution in [2.45, 2.75) is 18.9 Å². The van der Waals surface area contributed by atoms with Crippen molar-refractivity contribution in [2.75, 3.05) is 36.3 Å². The smallest absolute Gasteiger partial charge is 0.416 e. The highest BCUT2D eigenvalue weighted by atomic mass is 19.4. The molecule has 4 aromatic rings. The molecule has 0 saturated carbocycles. The summed E-state index contributed by atoms with van der Waals surface area (Å²) < 4.78 is 45.5. The topological polar surface area (TPSA) is 106 Å². The lowest BCUT2D eigenvalue weighted by Crippen LogP contribution is -2.48. The third-order valence-electron chi connectivity index (χ3n) is 6.72. The van der Waals surface area contributed by atoms with Gasteiger partial charge in [0.1, 0.15) is 5.76 Å². The van der Waals surface area contributed by atoms with Gasteiger partial charge in [0, 0.05) is 31.6 Å². The first kappa shape index (κ1) is 25.8. The van der Waals surface area contributed by atoms with Crippen LogP contribution in [0.1, 0.15) is 23.1 Å². The summed E-state index contributed by atoms with van der Waals surface area (Å²) in [6, 6.07) is 14.7. The SMILES string of the molecule is O=c1c(N(O)O)c(N2CCN(C(O)c3ccco3)CC2)c2ccccc2n1Cc1ccc(C(F)(F)F)cc1. The molecule has 38 heavy (non-hydrogen) atoms. The van der Waals surface area contributed by atoms with Crippen molar-refractivity contribution in [1.29, 1.82) is 0 Å². The van der Waals surface area contributed by atoms with Gasteiger partial charge in [0.2, 0.25) is 0 Å². The van der Waals surface area contributed by atoms with E-state index in [9.17, 15) is 33.5 Å². The van der Waals surface area contributed by atoms with Crippen LogP contribution in [0.25, 0.3) is 10.9 Å². The maximum Gasteiger partial charge on any atom is 0.416 e. The summed E-state index contributed by atoms with van der Waals surface area (Å²) in [4.78, 5) is 17.2. The lowest BCUT2D eigenvalue weighted by molar-refractivity contribution is -0.137. The van der Waals surface area contributed by atoms with Crippen molar-refractivity contribution in [3.05, 3.63) is 94.2 Å². The predicted octanol–water partition coefficient (Wildman–Crippen LogP) is 4.06. The zero-order chi connectivity index (χ0) is 27.0. The monoisotopic (exact) mass is 530 g/mol. The summed E-state index contributed by atoms with van der Waals surface area (Å²) in [5.41, 5.74) is -0.672. The van der Waals surface area contributed by atoms with E-state index in [0.717, 1.165) is 12.1 Å². The Labute approximate surface area is 214 Å². The summed E-state index contributed by atoms with van der Waals surface area (Å²) >= 11 is 0. The molecule has 3 heterocycles. The maximum absolute atomic E-state index is 13.6. The minimum Gasteiger partial charge on any atom is -0.465 e. The van der Waals surface area contributed by atoms with E-state index >= 15 is 0 Å². The number of nitrogens with zero attached hydrogens (tertiary/aromatic N) is 4. The van der Waals surface area contributed by atoms with Crippen molar-refractivity contribution in [3.8, 4) is 0 Å². The van der Waals surface area contributed by atoms with Gasteiger partial charge in [-0.1, -0.05) is 30.3 Å². The van der Waals surface area contributed by atoms with E-state index < -0.39 is 23.5 Å². The van der Waals surface area contributed by atoms with Crippen LogP contribution in [0.5, 0.6) is 0 Å². The van der Waals surface area contributed by atoms with E-state index in [1.165, 1.54) is 23.0 Å². The van der Waals surface area contributed by atoms with Crippen LogP contribution in [-0.2, 0) is 12.7 Å². The normalized spacial score (nSPS) is 15.7. The Morgan fingerprint density at radius 2 is 1.63 bits per heavy atom. The first-order valence-electron chi connectivity index (χ1n) is 11.8. The molecule has 0 spiro atoms. The number of para-hydroxylation sites is 1. The first-order chi connectivity index (χ1) is 18.1. The average Bonchev–Trinajstić information content (AvgIpc) is 3.44. The Bertz CT molecular complexity index is 1460. The number of hydrogen-bond donors (Lipinski definition) is 3. The van der Waals surface area contributed by atoms with Gasteiger partial charge in [-0.05, 0) is 35.9 Å². The molecule has 5 rings (SSSR count). The van der Waals surface area contributed by atoms with E-state index in [2.05, 4.69) is 0 Å². The number of aromatic nitrogens is 1. The predicted molar refractivity (Wildman–Crippen MR) is 132 cm³/mol. The lowest BCUT2D eigenvalue weighted by atomic mass is 10.1. The van der Waals surface area contributed by atoms with E-state index in [-0.39, 0.29) is 17.5 Å². The second kappa shape index (κ2) is 10.1. The number of rotatable bonds is 6. The van der Waals surface area contributed by atoms with Crippen LogP contribution in [0.2, 0.25) is 0 Å². The Kier molecular flexibility index (Phi) is 6.88. The summed E-state index contributed by atoms with van der Waals surface area (Å²) in [6.45, 7) is 1.46. The summed E-state index contributed by atoms with van der Waals surface area (Å²) in [5, 5.41) is 31.2. The Balaban J connectivity index is 1.51. The van der Waals surface area contributed by atoms with Crippen LogP contribution in [0.4, 0.5) is 24.5 Å². The first-order valence-corrected chi connectivity index (χ1v) is 11.8. The number of aliphatic hydroxyl groups is 1. The van der Waals surface area contributed by atoms with Gasteiger partial charge in [-0.2, -0.15) is 13.2 Å². The third-order valence-corrected chi connectivity index (χ3v) is 6.72. The molecule has 200 valence electrons. The largest absolute Gasteiger partial charge is 0.465 e. The quantitative estimate of drug-likeness (QED) is 0.321. The fraction of sp³-hybridized carbons (Fsp3) is 0.269. The number of aliphatic hydroxyl groups excluding tert-OH is 1. The van der Waals surface area contributed by atoms with Crippen LogP contribution in [0.15, 0.2) is 76.1 Å². The van der Waals surface area contributed by atoms with Crippen LogP contribution >= 0.6 is 0 Å². The number of pyridine rings is 1. The Hall–Kier alpha value is -3.84. The molecule has 1 unspecified atom stereocenters. The molecule has 2 aromatic carbocycles. The molecule has 2 aromatic heterocycles. The lowest BCUT2D eigenvalue weighted by Gasteiger charge is -2.39. The molecular weight excluding hydrogens is 505 g/mol. The molecule has 0 bridgehead atoms. The van der Waals surface area contributed by atoms with Crippen molar-refractivity contribution < 1.29 is 33.1 Å². The van der Waals surface area contributed by atoms with Gasteiger partial charge in [0.05, 0.1) is 29.6 Å². The van der Waals surface area contributed by atoms with Crippen molar-refractivity contribution in [3.63, 3.8) is 0 Å². The molecule has 12 heteroatoms.